The average Bonchev–Trinajstić information content (AvgIpc) is 3.33. The number of nitrogens with one attached hydrogen (secondary N) is 1. The molecule has 6 heteroatoms. The van der Waals surface area contributed by atoms with Gasteiger partial charge in [-0.2, -0.15) is 0 Å². The molecule has 2 heterocycles. The van der Waals surface area contributed by atoms with Gasteiger partial charge in [0.25, 0.3) is 0 Å². The lowest BCUT2D eigenvalue weighted by Crippen LogP contribution is -2.44. The van der Waals surface area contributed by atoms with Crippen LogP contribution >= 0.6 is 24.0 Å². The van der Waals surface area contributed by atoms with Crippen molar-refractivity contribution in [2.75, 3.05) is 59.9 Å². The van der Waals surface area contributed by atoms with Crippen LogP contribution in [0.1, 0.15) is 44.9 Å². The largest absolute Gasteiger partial charge is 0.355 e. The molecule has 146 valence electrons. The van der Waals surface area contributed by atoms with Crippen molar-refractivity contribution in [3.05, 3.63) is 0 Å². The molecule has 2 saturated heterocycles. The highest BCUT2D eigenvalue weighted by Crippen LogP contribution is 2.22. The highest BCUT2D eigenvalue weighted by Gasteiger charge is 2.27. The molecule has 1 N–H and O–H groups in total. The van der Waals surface area contributed by atoms with Crippen LogP contribution in [-0.2, 0) is 0 Å². The van der Waals surface area contributed by atoms with Crippen molar-refractivity contribution in [1.82, 2.24) is 20.0 Å². The average molecular weight is 463 g/mol. The number of guanidine groups is 1. The number of aliphatic imine (C=N–C) groups is 1. The third kappa shape index (κ3) is 6.24. The number of hydrogen-bond acceptors (Lipinski definition) is 3. The molecule has 3 aliphatic rings. The van der Waals surface area contributed by atoms with Crippen LogP contribution in [0.5, 0.6) is 0 Å². The Morgan fingerprint density at radius 2 is 1.80 bits per heavy atom. The molecule has 1 saturated carbocycles. The third-order valence-corrected chi connectivity index (χ3v) is 6.21. The van der Waals surface area contributed by atoms with Gasteiger partial charge in [-0.05, 0) is 58.2 Å². The molecular weight excluding hydrogens is 425 g/mol. The predicted octanol–water partition coefficient (Wildman–Crippen LogP) is 2.47. The van der Waals surface area contributed by atoms with Crippen molar-refractivity contribution in [3.8, 4) is 0 Å². The first kappa shape index (κ1) is 21.2. The van der Waals surface area contributed by atoms with Crippen LogP contribution in [0, 0.1) is 5.92 Å². The second kappa shape index (κ2) is 10.9. The molecule has 5 nitrogen and oxygen atoms in total. The molecule has 0 amide bonds. The van der Waals surface area contributed by atoms with Gasteiger partial charge in [-0.15, -0.1) is 24.0 Å². The fraction of sp³-hybridized carbons (Fsp3) is 0.947. The van der Waals surface area contributed by atoms with Crippen molar-refractivity contribution in [2.45, 2.75) is 51.0 Å². The zero-order chi connectivity index (χ0) is 16.8. The fourth-order valence-electron chi connectivity index (χ4n) is 4.71. The van der Waals surface area contributed by atoms with Crippen LogP contribution in [0.2, 0.25) is 0 Å². The van der Waals surface area contributed by atoms with Gasteiger partial charge < -0.3 is 20.0 Å². The van der Waals surface area contributed by atoms with E-state index in [0.717, 1.165) is 37.6 Å². The predicted molar refractivity (Wildman–Crippen MR) is 117 cm³/mol. The van der Waals surface area contributed by atoms with Crippen LogP contribution in [0.3, 0.4) is 0 Å². The topological polar surface area (TPSA) is 34.1 Å². The van der Waals surface area contributed by atoms with Gasteiger partial charge in [0.1, 0.15) is 0 Å². The molecule has 0 bridgehead atoms. The maximum absolute atomic E-state index is 4.53. The van der Waals surface area contributed by atoms with Crippen LogP contribution in [0.15, 0.2) is 4.99 Å². The number of nitrogens with zero attached hydrogens (tertiary/aromatic N) is 4. The maximum atomic E-state index is 4.53. The van der Waals surface area contributed by atoms with E-state index in [0.29, 0.717) is 0 Å². The van der Waals surface area contributed by atoms with Gasteiger partial charge in [-0.25, -0.2) is 0 Å². The summed E-state index contributed by atoms with van der Waals surface area (Å²) in [5, 5.41) is 3.60. The van der Waals surface area contributed by atoms with Gasteiger partial charge >= 0.3 is 0 Å². The fourth-order valence-corrected chi connectivity index (χ4v) is 4.71. The van der Waals surface area contributed by atoms with Gasteiger partial charge in [0.05, 0.1) is 0 Å². The first-order chi connectivity index (χ1) is 11.8. The first-order valence-corrected chi connectivity index (χ1v) is 10.1. The standard InChI is InChI=1S/C19H37N5.HI/c1-20-19(21-10-14-22(2)18-7-3-4-8-18)24-13-9-17(16-24)15-23-11-5-6-12-23;/h17-18H,3-16H2,1-2H3,(H,20,21);1H. The van der Waals surface area contributed by atoms with E-state index in [1.165, 1.54) is 71.1 Å². The van der Waals surface area contributed by atoms with Gasteiger partial charge in [0, 0.05) is 45.8 Å². The third-order valence-electron chi connectivity index (χ3n) is 6.21. The quantitative estimate of drug-likeness (QED) is 0.373. The SMILES string of the molecule is CN=C(NCCN(C)C1CCCC1)N1CCC(CN2CCCC2)C1.I. The molecule has 1 atom stereocenters. The number of likely N-dealkylation sites (N-methyl/N-ethyl adjacent to an activating group) is 1. The van der Waals surface area contributed by atoms with E-state index in [2.05, 4.69) is 32.1 Å². The van der Waals surface area contributed by atoms with E-state index in [1.807, 2.05) is 7.05 Å². The van der Waals surface area contributed by atoms with E-state index in [9.17, 15) is 0 Å². The molecule has 25 heavy (non-hydrogen) atoms. The molecule has 3 fully saturated rings. The lowest BCUT2D eigenvalue weighted by Gasteiger charge is -2.26. The Bertz CT molecular complexity index is 405. The summed E-state index contributed by atoms with van der Waals surface area (Å²) in [7, 11) is 4.21. The van der Waals surface area contributed by atoms with E-state index < -0.39 is 0 Å². The highest BCUT2D eigenvalue weighted by molar-refractivity contribution is 14.0. The Hall–Kier alpha value is -0.0800. The van der Waals surface area contributed by atoms with Gasteiger partial charge in [0.15, 0.2) is 5.96 Å². The van der Waals surface area contributed by atoms with E-state index >= 15 is 0 Å². The van der Waals surface area contributed by atoms with Crippen LogP contribution < -0.4 is 5.32 Å². The minimum atomic E-state index is 0. The molecule has 3 rings (SSSR count). The Labute approximate surface area is 171 Å². The summed E-state index contributed by atoms with van der Waals surface area (Å²) in [6.07, 6.45) is 9.71. The second-order valence-corrected chi connectivity index (χ2v) is 8.00. The molecule has 0 aromatic heterocycles. The molecule has 2 aliphatic heterocycles. The number of rotatable bonds is 6. The Balaban J connectivity index is 0.00000225. The molecule has 1 aliphatic carbocycles. The summed E-state index contributed by atoms with van der Waals surface area (Å²) in [6, 6.07) is 0.811. The van der Waals surface area contributed by atoms with Crippen LogP contribution in [0.25, 0.3) is 0 Å². The Kier molecular flexibility index (Phi) is 9.27. The minimum Gasteiger partial charge on any atom is -0.355 e. The molecule has 0 aromatic rings. The Morgan fingerprint density at radius 1 is 1.08 bits per heavy atom. The number of halogens is 1. The summed E-state index contributed by atoms with van der Waals surface area (Å²) in [5.41, 5.74) is 0. The normalized spacial score (nSPS) is 25.8. The zero-order valence-corrected chi connectivity index (χ0v) is 18.6. The van der Waals surface area contributed by atoms with E-state index in [1.54, 1.807) is 0 Å². The molecule has 1 unspecified atom stereocenters. The van der Waals surface area contributed by atoms with Crippen molar-refractivity contribution in [3.63, 3.8) is 0 Å². The zero-order valence-electron chi connectivity index (χ0n) is 16.3. The molecule has 0 radical (unpaired) electrons. The second-order valence-electron chi connectivity index (χ2n) is 8.00. The molecule has 0 spiro atoms. The summed E-state index contributed by atoms with van der Waals surface area (Å²) < 4.78 is 0. The summed E-state index contributed by atoms with van der Waals surface area (Å²) >= 11 is 0. The summed E-state index contributed by atoms with van der Waals surface area (Å²) in [5.74, 6) is 1.93. The lowest BCUT2D eigenvalue weighted by molar-refractivity contribution is 0.248. The monoisotopic (exact) mass is 463 g/mol. The summed E-state index contributed by atoms with van der Waals surface area (Å²) in [6.45, 7) is 8.39. The minimum absolute atomic E-state index is 0. The van der Waals surface area contributed by atoms with Crippen molar-refractivity contribution in [1.29, 1.82) is 0 Å². The van der Waals surface area contributed by atoms with Crippen LogP contribution in [0.4, 0.5) is 0 Å². The first-order valence-electron chi connectivity index (χ1n) is 10.1. The van der Waals surface area contributed by atoms with Crippen molar-refractivity contribution in [2.24, 2.45) is 10.9 Å². The van der Waals surface area contributed by atoms with Crippen molar-refractivity contribution < 1.29 is 0 Å². The van der Waals surface area contributed by atoms with Gasteiger partial charge in [0.2, 0.25) is 0 Å². The number of hydrogen-bond donors (Lipinski definition) is 1. The smallest absolute Gasteiger partial charge is 0.193 e. The summed E-state index contributed by atoms with van der Waals surface area (Å²) in [4.78, 5) is 12.2. The van der Waals surface area contributed by atoms with Gasteiger partial charge in [-0.3, -0.25) is 4.99 Å². The van der Waals surface area contributed by atoms with E-state index in [-0.39, 0.29) is 24.0 Å². The molecule has 0 aromatic carbocycles. The lowest BCUT2D eigenvalue weighted by atomic mass is 10.1. The maximum Gasteiger partial charge on any atom is 0.193 e. The van der Waals surface area contributed by atoms with E-state index in [4.69, 9.17) is 0 Å². The van der Waals surface area contributed by atoms with Crippen LogP contribution in [-0.4, -0.2) is 86.6 Å². The molecular formula is C19H38IN5. The Morgan fingerprint density at radius 3 is 2.48 bits per heavy atom. The van der Waals surface area contributed by atoms with Gasteiger partial charge in [-0.1, -0.05) is 12.8 Å². The van der Waals surface area contributed by atoms with Crippen molar-refractivity contribution >= 4 is 29.9 Å². The highest BCUT2D eigenvalue weighted by atomic mass is 127. The number of likely N-dealkylation sites (tertiary alicyclic amines) is 2.